The number of carbonyl (C=O) groups is 2. The van der Waals surface area contributed by atoms with Crippen molar-refractivity contribution in [1.29, 1.82) is 0 Å². The van der Waals surface area contributed by atoms with Gasteiger partial charge in [-0.05, 0) is 29.7 Å². The summed E-state index contributed by atoms with van der Waals surface area (Å²) in [6.07, 6.45) is 1.53. The number of rotatable bonds is 4. The van der Waals surface area contributed by atoms with E-state index in [1.54, 1.807) is 44.4 Å². The number of aromatic nitrogens is 1. The van der Waals surface area contributed by atoms with E-state index in [1.165, 1.54) is 30.3 Å². The number of fused-ring (bicyclic) bond motifs is 1. The number of aromatic hydroxyl groups is 1. The molecule has 33 heavy (non-hydrogen) atoms. The molecule has 6 nitrogen and oxygen atoms in total. The number of phenolic OH excluding ortho intramolecular Hbond substituents is 1. The van der Waals surface area contributed by atoms with Crippen LogP contribution in [0.25, 0.3) is 33.2 Å². The molecule has 0 fully saturated rings. The fourth-order valence-electron chi connectivity index (χ4n) is 3.68. The molecule has 7 heteroatoms. The number of pyridine rings is 1. The topological polar surface area (TPSA) is 79.7 Å². The molecule has 0 atom stereocenters. The lowest BCUT2D eigenvalue weighted by Gasteiger charge is -2.16. The van der Waals surface area contributed by atoms with Crippen molar-refractivity contribution in [3.05, 3.63) is 83.8 Å². The van der Waals surface area contributed by atoms with Crippen molar-refractivity contribution < 1.29 is 23.8 Å². The zero-order valence-corrected chi connectivity index (χ0v) is 18.3. The molecule has 0 saturated carbocycles. The first-order valence-electron chi connectivity index (χ1n) is 10.1. The second kappa shape index (κ2) is 8.70. The molecule has 0 aliphatic rings. The first-order valence-corrected chi connectivity index (χ1v) is 10.1. The number of esters is 1. The second-order valence-corrected chi connectivity index (χ2v) is 7.68. The highest BCUT2D eigenvalue weighted by molar-refractivity contribution is 6.08. The third kappa shape index (κ3) is 4.01. The third-order valence-electron chi connectivity index (χ3n) is 5.39. The van der Waals surface area contributed by atoms with Crippen LogP contribution >= 0.6 is 0 Å². The Morgan fingerprint density at radius 1 is 0.970 bits per heavy atom. The van der Waals surface area contributed by atoms with Gasteiger partial charge in [0.25, 0.3) is 5.91 Å². The number of halogens is 1. The number of hydrogen-bond acceptors (Lipinski definition) is 5. The number of benzene rings is 3. The van der Waals surface area contributed by atoms with Gasteiger partial charge in [0.1, 0.15) is 11.6 Å². The molecule has 0 radical (unpaired) electrons. The Bertz CT molecular complexity index is 1380. The van der Waals surface area contributed by atoms with Gasteiger partial charge in [0, 0.05) is 42.4 Å². The monoisotopic (exact) mass is 444 g/mol. The van der Waals surface area contributed by atoms with Gasteiger partial charge in [-0.2, -0.15) is 0 Å². The minimum Gasteiger partial charge on any atom is -0.506 e. The van der Waals surface area contributed by atoms with E-state index in [0.717, 1.165) is 11.5 Å². The predicted molar refractivity (Wildman–Crippen MR) is 124 cm³/mol. The van der Waals surface area contributed by atoms with Gasteiger partial charge in [0.15, 0.2) is 0 Å². The Balaban J connectivity index is 1.80. The fraction of sp³-hybridized carbons (Fsp3) is 0.115. The standard InChI is InChI=1S/C26H21FN2O4/c1-29(2)25(31)21-13-20(18-6-4-5-7-19(18)24(21)30)23-11-9-16(14-28-23)17-10-8-15(12-22(17)27)26(32)33-3/h4-14,30H,1-3H3. The molecule has 1 heterocycles. The lowest BCUT2D eigenvalue weighted by molar-refractivity contribution is 0.0600. The molecule has 1 amide bonds. The highest BCUT2D eigenvalue weighted by Crippen LogP contribution is 2.37. The molecule has 0 spiro atoms. The molecular formula is C26H21FN2O4. The SMILES string of the molecule is COC(=O)c1ccc(-c2ccc(-c3cc(C(=O)N(C)C)c(O)c4ccccc34)nc2)c(F)c1. The number of ether oxygens (including phenoxy) is 1. The summed E-state index contributed by atoms with van der Waals surface area (Å²) in [5.41, 5.74) is 2.35. The molecule has 1 N–H and O–H groups in total. The van der Waals surface area contributed by atoms with Crippen molar-refractivity contribution in [2.45, 2.75) is 0 Å². The summed E-state index contributed by atoms with van der Waals surface area (Å²) in [6, 6.07) is 16.4. The molecule has 0 unspecified atom stereocenters. The summed E-state index contributed by atoms with van der Waals surface area (Å²) < 4.78 is 19.2. The summed E-state index contributed by atoms with van der Waals surface area (Å²) in [4.78, 5) is 30.1. The predicted octanol–water partition coefficient (Wildman–Crippen LogP) is 4.90. The van der Waals surface area contributed by atoms with Crippen LogP contribution in [0.15, 0.2) is 66.9 Å². The molecule has 166 valence electrons. The van der Waals surface area contributed by atoms with Gasteiger partial charge in [-0.1, -0.05) is 36.4 Å². The lowest BCUT2D eigenvalue weighted by Crippen LogP contribution is -2.21. The van der Waals surface area contributed by atoms with Crippen molar-refractivity contribution in [2.75, 3.05) is 21.2 Å². The smallest absolute Gasteiger partial charge is 0.337 e. The van der Waals surface area contributed by atoms with Gasteiger partial charge in [0.05, 0.1) is 23.9 Å². The van der Waals surface area contributed by atoms with Crippen molar-refractivity contribution >= 4 is 22.6 Å². The fourth-order valence-corrected chi connectivity index (χ4v) is 3.68. The van der Waals surface area contributed by atoms with Crippen LogP contribution in [-0.4, -0.2) is 48.1 Å². The van der Waals surface area contributed by atoms with Crippen LogP contribution in [0.1, 0.15) is 20.7 Å². The number of carbonyl (C=O) groups excluding carboxylic acids is 2. The van der Waals surface area contributed by atoms with E-state index in [2.05, 4.69) is 9.72 Å². The first-order chi connectivity index (χ1) is 15.8. The zero-order chi connectivity index (χ0) is 23.7. The average molecular weight is 444 g/mol. The average Bonchev–Trinajstić information content (AvgIpc) is 2.83. The Morgan fingerprint density at radius 2 is 1.70 bits per heavy atom. The van der Waals surface area contributed by atoms with Gasteiger partial charge in [-0.3, -0.25) is 9.78 Å². The molecule has 0 bridgehead atoms. The van der Waals surface area contributed by atoms with Crippen molar-refractivity contribution in [3.63, 3.8) is 0 Å². The summed E-state index contributed by atoms with van der Waals surface area (Å²) in [5, 5.41) is 12.0. The van der Waals surface area contributed by atoms with Gasteiger partial charge in [0.2, 0.25) is 0 Å². The molecule has 0 aliphatic carbocycles. The second-order valence-electron chi connectivity index (χ2n) is 7.68. The van der Waals surface area contributed by atoms with Crippen LogP contribution in [0.5, 0.6) is 5.75 Å². The summed E-state index contributed by atoms with van der Waals surface area (Å²) in [7, 11) is 4.47. The molecule has 3 aromatic carbocycles. The van der Waals surface area contributed by atoms with Crippen LogP contribution in [0.2, 0.25) is 0 Å². The summed E-state index contributed by atoms with van der Waals surface area (Å²) in [6.45, 7) is 0. The van der Waals surface area contributed by atoms with Crippen LogP contribution < -0.4 is 0 Å². The van der Waals surface area contributed by atoms with Crippen molar-refractivity contribution in [1.82, 2.24) is 9.88 Å². The van der Waals surface area contributed by atoms with Gasteiger partial charge in [-0.15, -0.1) is 0 Å². The van der Waals surface area contributed by atoms with Crippen LogP contribution in [0.4, 0.5) is 4.39 Å². The van der Waals surface area contributed by atoms with Crippen molar-refractivity contribution in [2.24, 2.45) is 0 Å². The third-order valence-corrected chi connectivity index (χ3v) is 5.39. The molecule has 4 rings (SSSR count). The highest BCUT2D eigenvalue weighted by atomic mass is 19.1. The molecule has 4 aromatic rings. The number of methoxy groups -OCH3 is 1. The van der Waals surface area contributed by atoms with E-state index in [0.29, 0.717) is 27.8 Å². The van der Waals surface area contributed by atoms with Crippen LogP contribution in [-0.2, 0) is 4.74 Å². The van der Waals surface area contributed by atoms with Crippen LogP contribution in [0.3, 0.4) is 0 Å². The Morgan fingerprint density at radius 3 is 2.30 bits per heavy atom. The molecule has 0 aliphatic heterocycles. The van der Waals surface area contributed by atoms with E-state index in [9.17, 15) is 19.1 Å². The number of phenols is 1. The Kier molecular flexibility index (Phi) is 5.79. The Hall–Kier alpha value is -4.26. The van der Waals surface area contributed by atoms with E-state index >= 15 is 0 Å². The van der Waals surface area contributed by atoms with Gasteiger partial charge >= 0.3 is 5.97 Å². The summed E-state index contributed by atoms with van der Waals surface area (Å²) >= 11 is 0. The maximum Gasteiger partial charge on any atom is 0.337 e. The van der Waals surface area contributed by atoms with Crippen LogP contribution in [0, 0.1) is 5.82 Å². The minimum absolute atomic E-state index is 0.0857. The highest BCUT2D eigenvalue weighted by Gasteiger charge is 2.20. The molecular weight excluding hydrogens is 423 g/mol. The van der Waals surface area contributed by atoms with Gasteiger partial charge in [-0.25, -0.2) is 9.18 Å². The van der Waals surface area contributed by atoms with E-state index in [1.807, 2.05) is 12.1 Å². The number of amides is 1. The van der Waals surface area contributed by atoms with Crippen molar-refractivity contribution in [3.8, 4) is 28.1 Å². The minimum atomic E-state index is -0.615. The van der Waals surface area contributed by atoms with E-state index < -0.39 is 11.8 Å². The first kappa shape index (κ1) is 22.0. The van der Waals surface area contributed by atoms with E-state index in [4.69, 9.17) is 0 Å². The summed E-state index contributed by atoms with van der Waals surface area (Å²) in [5.74, 6) is -1.60. The number of hydrogen-bond donors (Lipinski definition) is 1. The Labute approximate surface area is 189 Å². The zero-order valence-electron chi connectivity index (χ0n) is 18.3. The largest absolute Gasteiger partial charge is 0.506 e. The molecule has 0 saturated heterocycles. The lowest BCUT2D eigenvalue weighted by atomic mass is 9.96. The van der Waals surface area contributed by atoms with Gasteiger partial charge < -0.3 is 14.7 Å². The molecule has 1 aromatic heterocycles. The quantitative estimate of drug-likeness (QED) is 0.453. The normalized spacial score (nSPS) is 10.8. The maximum absolute atomic E-state index is 14.6. The number of nitrogens with zero attached hydrogens (tertiary/aromatic N) is 2. The van der Waals surface area contributed by atoms with E-state index in [-0.39, 0.29) is 22.8 Å². The maximum atomic E-state index is 14.6.